The van der Waals surface area contributed by atoms with Gasteiger partial charge >= 0.3 is 0 Å². The van der Waals surface area contributed by atoms with Crippen LogP contribution >= 0.6 is 47.0 Å². The first kappa shape index (κ1) is 16.4. The van der Waals surface area contributed by atoms with Crippen LogP contribution < -0.4 is 10.6 Å². The molecule has 2 aromatic carbocycles. The topological polar surface area (TPSA) is 24.1 Å². The van der Waals surface area contributed by atoms with E-state index >= 15 is 0 Å². The van der Waals surface area contributed by atoms with Crippen molar-refractivity contribution < 1.29 is 0 Å². The highest BCUT2D eigenvalue weighted by Gasteiger charge is 2.02. The molecule has 0 radical (unpaired) electrons. The predicted molar refractivity (Wildman–Crippen MR) is 95.8 cm³/mol. The molecule has 2 nitrogen and oxygen atoms in total. The molecule has 2 N–H and O–H groups in total. The maximum absolute atomic E-state index is 6.12. The van der Waals surface area contributed by atoms with E-state index in [4.69, 9.17) is 47.0 Å². The van der Waals surface area contributed by atoms with Gasteiger partial charge in [-0.15, -0.1) is 0 Å². The summed E-state index contributed by atoms with van der Waals surface area (Å²) in [5.41, 5.74) is 1.92. The molecule has 110 valence electrons. The van der Waals surface area contributed by atoms with Gasteiger partial charge in [-0.25, -0.2) is 0 Å². The third-order valence-electron chi connectivity index (χ3n) is 2.80. The van der Waals surface area contributed by atoms with Crippen LogP contribution in [0.4, 0.5) is 5.69 Å². The van der Waals surface area contributed by atoms with Crippen LogP contribution in [0.1, 0.15) is 5.56 Å². The summed E-state index contributed by atoms with van der Waals surface area (Å²) in [4.78, 5) is 0. The average Bonchev–Trinajstić information content (AvgIpc) is 2.44. The average molecular weight is 360 g/mol. The molecule has 0 saturated heterocycles. The molecule has 0 aliphatic rings. The van der Waals surface area contributed by atoms with Crippen LogP contribution in [0.15, 0.2) is 42.5 Å². The molecule has 0 atom stereocenters. The molecular weight excluding hydrogens is 347 g/mol. The van der Waals surface area contributed by atoms with E-state index in [0.29, 0.717) is 26.7 Å². The van der Waals surface area contributed by atoms with Crippen LogP contribution in [0.2, 0.25) is 15.1 Å². The molecule has 0 heterocycles. The number of anilines is 1. The minimum Gasteiger partial charge on any atom is -0.362 e. The molecule has 0 bridgehead atoms. The molecule has 2 rings (SSSR count). The Morgan fingerprint density at radius 3 is 2.29 bits per heavy atom. The highest BCUT2D eigenvalue weighted by atomic mass is 35.5. The molecule has 0 unspecified atom stereocenters. The zero-order valence-corrected chi connectivity index (χ0v) is 14.1. The van der Waals surface area contributed by atoms with Crippen molar-refractivity contribution in [3.8, 4) is 0 Å². The van der Waals surface area contributed by atoms with Crippen LogP contribution in [-0.2, 0) is 6.42 Å². The molecule has 0 aliphatic carbocycles. The maximum atomic E-state index is 6.12. The Morgan fingerprint density at radius 2 is 1.62 bits per heavy atom. The fourth-order valence-corrected chi connectivity index (χ4v) is 2.59. The van der Waals surface area contributed by atoms with Crippen LogP contribution in [0.5, 0.6) is 0 Å². The largest absolute Gasteiger partial charge is 0.362 e. The van der Waals surface area contributed by atoms with E-state index in [0.717, 1.165) is 17.7 Å². The molecular formula is C15H13Cl3N2S. The van der Waals surface area contributed by atoms with E-state index in [-0.39, 0.29) is 0 Å². The zero-order valence-electron chi connectivity index (χ0n) is 11.0. The lowest BCUT2D eigenvalue weighted by molar-refractivity contribution is 0.873. The summed E-state index contributed by atoms with van der Waals surface area (Å²) in [5.74, 6) is 0. The summed E-state index contributed by atoms with van der Waals surface area (Å²) in [6.07, 6.45) is 0.762. The predicted octanol–water partition coefficient (Wildman–Crippen LogP) is 5.18. The van der Waals surface area contributed by atoms with Crippen molar-refractivity contribution in [3.63, 3.8) is 0 Å². The Morgan fingerprint density at radius 1 is 0.952 bits per heavy atom. The number of benzene rings is 2. The van der Waals surface area contributed by atoms with Gasteiger partial charge in [-0.3, -0.25) is 0 Å². The number of halogens is 3. The summed E-state index contributed by atoms with van der Waals surface area (Å²) in [7, 11) is 0. The summed E-state index contributed by atoms with van der Waals surface area (Å²) < 4.78 is 0. The Balaban J connectivity index is 1.80. The molecule has 0 aliphatic heterocycles. The van der Waals surface area contributed by atoms with Gasteiger partial charge in [0.15, 0.2) is 5.11 Å². The van der Waals surface area contributed by atoms with E-state index in [2.05, 4.69) is 10.6 Å². The minimum atomic E-state index is 0.558. The van der Waals surface area contributed by atoms with Crippen molar-refractivity contribution in [2.24, 2.45) is 0 Å². The molecule has 21 heavy (non-hydrogen) atoms. The van der Waals surface area contributed by atoms with Gasteiger partial charge in [0.1, 0.15) is 0 Å². The van der Waals surface area contributed by atoms with Gasteiger partial charge in [0.05, 0.1) is 0 Å². The molecule has 0 aromatic heterocycles. The molecule has 0 fully saturated rings. The molecule has 6 heteroatoms. The lowest BCUT2D eigenvalue weighted by Gasteiger charge is -2.11. The fraction of sp³-hybridized carbons (Fsp3) is 0.133. The van der Waals surface area contributed by atoms with E-state index in [1.807, 2.05) is 24.3 Å². The van der Waals surface area contributed by atoms with Crippen molar-refractivity contribution in [3.05, 3.63) is 63.1 Å². The molecule has 0 saturated carbocycles. The Hall–Kier alpha value is -1.00. The molecule has 0 spiro atoms. The third-order valence-corrected chi connectivity index (χ3v) is 3.88. The van der Waals surface area contributed by atoms with Crippen LogP contribution in [-0.4, -0.2) is 11.7 Å². The number of rotatable bonds is 4. The Bertz CT molecular complexity index is 629. The first-order chi connectivity index (χ1) is 10.0. The van der Waals surface area contributed by atoms with Gasteiger partial charge < -0.3 is 10.6 Å². The highest BCUT2D eigenvalue weighted by molar-refractivity contribution is 7.80. The van der Waals surface area contributed by atoms with Crippen LogP contribution in [0.25, 0.3) is 0 Å². The molecule has 0 amide bonds. The van der Waals surface area contributed by atoms with Gasteiger partial charge in [-0.1, -0.05) is 40.9 Å². The van der Waals surface area contributed by atoms with Gasteiger partial charge in [-0.05, 0) is 60.6 Å². The van der Waals surface area contributed by atoms with Crippen LogP contribution in [0.3, 0.4) is 0 Å². The van der Waals surface area contributed by atoms with Gasteiger partial charge in [0.25, 0.3) is 0 Å². The molecule has 2 aromatic rings. The van der Waals surface area contributed by atoms with Crippen molar-refractivity contribution in [1.29, 1.82) is 0 Å². The first-order valence-electron chi connectivity index (χ1n) is 6.29. The summed E-state index contributed by atoms with van der Waals surface area (Å²) in [6.45, 7) is 0.681. The van der Waals surface area contributed by atoms with Gasteiger partial charge in [0.2, 0.25) is 0 Å². The van der Waals surface area contributed by atoms with E-state index < -0.39 is 0 Å². The minimum absolute atomic E-state index is 0.558. The van der Waals surface area contributed by atoms with E-state index in [1.165, 1.54) is 0 Å². The standard InChI is InChI=1S/C15H13Cl3N2S/c16-11-3-5-13(6-4-11)20-15(21)19-8-7-10-1-2-12(17)9-14(10)18/h1-6,9H,7-8H2,(H2,19,20,21). The Labute approximate surface area is 144 Å². The van der Waals surface area contributed by atoms with Gasteiger partial charge in [-0.2, -0.15) is 0 Å². The number of nitrogens with one attached hydrogen (secondary N) is 2. The second kappa shape index (κ2) is 7.85. The first-order valence-corrected chi connectivity index (χ1v) is 7.83. The quantitative estimate of drug-likeness (QED) is 0.736. The Kier molecular flexibility index (Phi) is 6.12. The van der Waals surface area contributed by atoms with Crippen molar-refractivity contribution in [2.75, 3.05) is 11.9 Å². The van der Waals surface area contributed by atoms with E-state index in [9.17, 15) is 0 Å². The highest BCUT2D eigenvalue weighted by Crippen LogP contribution is 2.21. The lowest BCUT2D eigenvalue weighted by atomic mass is 10.1. The summed E-state index contributed by atoms with van der Waals surface area (Å²) in [6, 6.07) is 12.8. The van der Waals surface area contributed by atoms with E-state index in [1.54, 1.807) is 18.2 Å². The SMILES string of the molecule is S=C(NCCc1ccc(Cl)cc1Cl)Nc1ccc(Cl)cc1. The second-order valence-corrected chi connectivity index (χ2v) is 6.06. The third kappa shape index (κ3) is 5.36. The van der Waals surface area contributed by atoms with Crippen molar-refractivity contribution in [2.45, 2.75) is 6.42 Å². The smallest absolute Gasteiger partial charge is 0.170 e. The lowest BCUT2D eigenvalue weighted by Crippen LogP contribution is -2.30. The van der Waals surface area contributed by atoms with Crippen molar-refractivity contribution in [1.82, 2.24) is 5.32 Å². The van der Waals surface area contributed by atoms with Crippen LogP contribution in [0, 0.1) is 0 Å². The second-order valence-electron chi connectivity index (χ2n) is 4.37. The number of thiocarbonyl (C=S) groups is 1. The maximum Gasteiger partial charge on any atom is 0.170 e. The van der Waals surface area contributed by atoms with Gasteiger partial charge in [0, 0.05) is 27.3 Å². The monoisotopic (exact) mass is 358 g/mol. The number of hydrogen-bond donors (Lipinski definition) is 2. The van der Waals surface area contributed by atoms with Crippen molar-refractivity contribution >= 4 is 57.8 Å². The zero-order chi connectivity index (χ0) is 15.2. The normalized spacial score (nSPS) is 10.2. The summed E-state index contributed by atoms with van der Waals surface area (Å²) in [5, 5.41) is 8.77. The number of hydrogen-bond acceptors (Lipinski definition) is 1. The fourth-order valence-electron chi connectivity index (χ4n) is 1.74. The summed E-state index contributed by atoms with van der Waals surface area (Å²) >= 11 is 23.0.